The third kappa shape index (κ3) is 15.1. The van der Waals surface area contributed by atoms with Gasteiger partial charge in [0.25, 0.3) is 42.6 Å². The van der Waals surface area contributed by atoms with Gasteiger partial charge in [0.2, 0.25) is 0 Å². The average molecular weight is 1410 g/mol. The molecule has 520 valence electrons. The normalized spacial score (nSPS) is 18.1. The van der Waals surface area contributed by atoms with E-state index in [9.17, 15) is 33.3 Å². The summed E-state index contributed by atoms with van der Waals surface area (Å²) in [6, 6.07) is 66.4. The summed E-state index contributed by atoms with van der Waals surface area (Å²) < 4.78 is 18.7. The van der Waals surface area contributed by atoms with E-state index in [0.29, 0.717) is 101 Å². The molecule has 10 aromatic rings. The molecule has 0 bridgehead atoms. The van der Waals surface area contributed by atoms with Crippen LogP contribution in [0.3, 0.4) is 0 Å². The van der Waals surface area contributed by atoms with Crippen LogP contribution in [0.1, 0.15) is 129 Å². The second kappa shape index (κ2) is 31.6. The van der Waals surface area contributed by atoms with Crippen LogP contribution in [0.25, 0.3) is 21.8 Å². The van der Waals surface area contributed by atoms with Crippen molar-refractivity contribution in [2.24, 2.45) is 5.90 Å². The molecule has 21 heteroatoms. The van der Waals surface area contributed by atoms with Gasteiger partial charge in [0, 0.05) is 116 Å². The first-order chi connectivity index (χ1) is 48.8. The SMILES string of the molecule is C[C@@H]1CN(C(c2ccccc2)c2ccccc2)[C@@H](C)CN1C(=O)c1cc2c(C(=O)C(=O)N3CCCC3)c[nH]c2cc1Cl.C[C@@H]1CN(C(c2ccccc2)c2ccccc2)[C@@H](C)CN1C(=O)c1cc2c(C(=O)C(=O)N3CCCC3)cn(N)c2cc1Cl.NOP(=O)(c1ccccc1)c1ccccc1. The number of ketones is 2. The first kappa shape index (κ1) is 71.3. The number of nitrogens with zero attached hydrogens (tertiary/aromatic N) is 7. The lowest BCUT2D eigenvalue weighted by Crippen LogP contribution is -2.58. The minimum atomic E-state index is -3.13. The second-order valence-corrected chi connectivity index (χ2v) is 29.7. The number of hydrogen-bond acceptors (Lipinski definition) is 12. The van der Waals surface area contributed by atoms with Crippen molar-refractivity contribution in [2.75, 3.05) is 58.2 Å². The van der Waals surface area contributed by atoms with Crippen molar-refractivity contribution >= 4 is 98.2 Å². The van der Waals surface area contributed by atoms with E-state index in [-0.39, 0.29) is 64.2 Å². The fourth-order valence-electron chi connectivity index (χ4n) is 14.6. The largest absolute Gasteiger partial charge is 0.360 e. The van der Waals surface area contributed by atoms with Crippen molar-refractivity contribution < 1.29 is 38.0 Å². The van der Waals surface area contributed by atoms with Gasteiger partial charge < -0.3 is 30.4 Å². The Morgan fingerprint density at radius 3 is 1.21 bits per heavy atom. The van der Waals surface area contributed by atoms with Gasteiger partial charge in [-0.2, -0.15) is 0 Å². The van der Waals surface area contributed by atoms with E-state index >= 15 is 0 Å². The van der Waals surface area contributed by atoms with E-state index in [1.54, 1.807) is 64.5 Å². The zero-order valence-electron chi connectivity index (χ0n) is 57.0. The fraction of sp³-hybridized carbons (Fsp3) is 0.275. The molecule has 101 heavy (non-hydrogen) atoms. The number of nitrogens with one attached hydrogen (secondary N) is 1. The van der Waals surface area contributed by atoms with Gasteiger partial charge in [0.15, 0.2) is 0 Å². The molecule has 4 fully saturated rings. The van der Waals surface area contributed by atoms with Gasteiger partial charge in [-0.3, -0.25) is 47.8 Å². The Morgan fingerprint density at radius 2 is 0.822 bits per heavy atom. The van der Waals surface area contributed by atoms with Crippen LogP contribution in [0.4, 0.5) is 0 Å². The van der Waals surface area contributed by atoms with Gasteiger partial charge in [-0.05, 0) is 124 Å². The molecule has 0 aliphatic carbocycles. The molecule has 0 radical (unpaired) electrons. The van der Waals surface area contributed by atoms with Crippen LogP contribution in [-0.4, -0.2) is 151 Å². The minimum absolute atomic E-state index is 0.0445. The standard InChI is InChI=1S/C34H36ClN5O3.C34H35ClN4O3.C12H12NO2P/c1-22-20-39(23(2)19-38(22)31(24-11-5-3-6-12-24)25-13-7-4-8-14-25)33(42)27-17-26-28(21-40(36)30(26)18-29(27)35)32(41)34(43)37-15-9-10-16-37;1-22-21-39(23(2)20-38(22)31(24-11-5-3-6-12-24)25-13-7-4-8-14-25)33(41)27-17-26-28(19-36-30(26)18-29(27)35)32(40)34(42)37-15-9-10-16-37;13-15-16(14,11-7-3-1-4-8-11)12-9-5-2-6-10-12/h3-8,11-14,17-18,21-23,31H,9-10,15-16,19-20,36H2,1-2H3;3-8,11-14,17-19,22-23,31,36H,9-10,15-16,20-21H2,1-2H3;1-10H,13H2/t2*22-,23+;/m00./s1. The van der Waals surface area contributed by atoms with Crippen molar-refractivity contribution in [3.8, 4) is 0 Å². The highest BCUT2D eigenvalue weighted by atomic mass is 35.5. The van der Waals surface area contributed by atoms with Crippen LogP contribution in [0.2, 0.25) is 10.0 Å². The van der Waals surface area contributed by atoms with Gasteiger partial charge in [-0.1, -0.05) is 181 Å². The fourth-order valence-corrected chi connectivity index (χ4v) is 16.7. The number of benzene rings is 8. The van der Waals surface area contributed by atoms with Crippen LogP contribution >= 0.6 is 30.6 Å². The molecule has 5 N–H and O–H groups in total. The summed E-state index contributed by atoms with van der Waals surface area (Å²) in [5, 5.41) is 2.74. The molecule has 8 aromatic carbocycles. The Morgan fingerprint density at radius 1 is 0.465 bits per heavy atom. The highest BCUT2D eigenvalue weighted by molar-refractivity contribution is 7.74. The average Bonchev–Trinajstić information content (AvgIpc) is 1.75. The third-order valence-electron chi connectivity index (χ3n) is 19.9. The topological polar surface area (TPSA) is 221 Å². The number of Topliss-reactive ketones (excluding diaryl/α,β-unsaturated/α-hetero) is 2. The van der Waals surface area contributed by atoms with Crippen LogP contribution in [-0.2, 0) is 18.8 Å². The first-order valence-electron chi connectivity index (χ1n) is 34.4. The highest BCUT2D eigenvalue weighted by Gasteiger charge is 2.41. The lowest BCUT2D eigenvalue weighted by atomic mass is 9.93. The molecule has 4 amide bonds. The van der Waals surface area contributed by atoms with Gasteiger partial charge in [-0.15, -0.1) is 0 Å². The highest BCUT2D eigenvalue weighted by Crippen LogP contribution is 2.43. The van der Waals surface area contributed by atoms with Crippen molar-refractivity contribution in [1.29, 1.82) is 0 Å². The van der Waals surface area contributed by atoms with Crippen LogP contribution in [0.5, 0.6) is 0 Å². The minimum Gasteiger partial charge on any atom is -0.360 e. The summed E-state index contributed by atoms with van der Waals surface area (Å²) in [7, 11) is -3.13. The predicted octanol–water partition coefficient (Wildman–Crippen LogP) is 12.9. The summed E-state index contributed by atoms with van der Waals surface area (Å²) in [6.07, 6.45) is 6.57. The molecule has 4 saturated heterocycles. The predicted molar refractivity (Wildman–Crippen MR) is 399 cm³/mol. The molecule has 18 nitrogen and oxygen atoms in total. The number of carbonyl (C=O) groups excluding carboxylic acids is 6. The molecule has 0 unspecified atom stereocenters. The maximum absolute atomic E-state index is 14.1. The number of H-pyrrole nitrogens is 1. The zero-order valence-corrected chi connectivity index (χ0v) is 59.4. The number of fused-ring (bicyclic) bond motifs is 2. The van der Waals surface area contributed by atoms with Crippen LogP contribution in [0.15, 0.2) is 219 Å². The number of nitrogens with two attached hydrogens (primary N) is 2. The van der Waals surface area contributed by atoms with Gasteiger partial charge in [-0.25, -0.2) is 10.5 Å². The number of carbonyl (C=O) groups is 6. The Labute approximate surface area is 598 Å². The van der Waals surface area contributed by atoms with E-state index in [1.807, 2.05) is 70.5 Å². The van der Waals surface area contributed by atoms with E-state index in [2.05, 4.69) is 140 Å². The molecular formula is C80H83Cl2N10O8P. The Kier molecular flexibility index (Phi) is 22.3. The summed E-state index contributed by atoms with van der Waals surface area (Å²) in [5.74, 6) is 8.75. The maximum atomic E-state index is 14.1. The Bertz CT molecular complexity index is 4530. The number of likely N-dealkylation sites (tertiary alicyclic amines) is 2. The zero-order chi connectivity index (χ0) is 71.1. The molecule has 0 saturated carbocycles. The molecular weight excluding hydrogens is 1330 g/mol. The molecule has 4 atom stereocenters. The van der Waals surface area contributed by atoms with Crippen molar-refractivity contribution in [3.05, 3.63) is 273 Å². The number of nitrogen functional groups attached to an aromatic ring is 1. The Balaban J connectivity index is 0.000000157. The lowest BCUT2D eigenvalue weighted by Gasteiger charge is -2.47. The van der Waals surface area contributed by atoms with E-state index in [0.717, 1.165) is 25.7 Å². The molecule has 2 aromatic heterocycles. The maximum Gasteiger partial charge on any atom is 0.295 e. The van der Waals surface area contributed by atoms with Crippen LogP contribution in [0, 0.1) is 0 Å². The van der Waals surface area contributed by atoms with Crippen molar-refractivity contribution in [3.63, 3.8) is 0 Å². The molecule has 4 aliphatic rings. The number of hydrogen-bond donors (Lipinski definition) is 3. The molecule has 14 rings (SSSR count). The number of aromatic nitrogens is 2. The summed E-state index contributed by atoms with van der Waals surface area (Å²) >= 11 is 13.3. The smallest absolute Gasteiger partial charge is 0.295 e. The van der Waals surface area contributed by atoms with Gasteiger partial charge in [0.05, 0.1) is 49.9 Å². The van der Waals surface area contributed by atoms with Gasteiger partial charge in [0.1, 0.15) is 0 Å². The van der Waals surface area contributed by atoms with E-state index in [1.165, 1.54) is 33.1 Å². The Hall–Kier alpha value is -9.49. The number of aromatic amines is 1. The summed E-state index contributed by atoms with van der Waals surface area (Å²) in [4.78, 5) is 95.2. The second-order valence-electron chi connectivity index (χ2n) is 26.5. The van der Waals surface area contributed by atoms with Crippen molar-refractivity contribution in [1.82, 2.24) is 39.1 Å². The van der Waals surface area contributed by atoms with E-state index < -0.39 is 30.7 Å². The number of piperazine rings is 2. The molecule has 6 heterocycles. The van der Waals surface area contributed by atoms with E-state index in [4.69, 9.17) is 39.6 Å². The monoisotopic (exact) mass is 1410 g/mol. The van der Waals surface area contributed by atoms with Gasteiger partial charge >= 0.3 is 0 Å². The number of rotatable bonds is 15. The quantitative estimate of drug-likeness (QED) is 0.0287. The first-order valence-corrected chi connectivity index (χ1v) is 36.7. The number of halogens is 2. The third-order valence-corrected chi connectivity index (χ3v) is 22.7. The summed E-state index contributed by atoms with van der Waals surface area (Å²) in [5.41, 5.74) is 7.01. The number of amides is 4. The lowest BCUT2D eigenvalue weighted by molar-refractivity contribution is -0.126. The summed E-state index contributed by atoms with van der Waals surface area (Å²) in [6.45, 7) is 13.1. The van der Waals surface area contributed by atoms with Crippen molar-refractivity contribution in [2.45, 2.75) is 89.6 Å². The molecule has 4 aliphatic heterocycles. The molecule has 0 spiro atoms. The van der Waals surface area contributed by atoms with Crippen LogP contribution < -0.4 is 22.3 Å².